The Kier molecular flexibility index (Phi) is 5.55. The van der Waals surface area contributed by atoms with E-state index in [-0.39, 0.29) is 17.1 Å². The molecule has 0 bridgehead atoms. The Bertz CT molecular complexity index is 1140. The molecule has 2 N–H and O–H groups in total. The Hall–Kier alpha value is -3.19. The molecule has 3 aromatic heterocycles. The number of anilines is 1. The molecule has 0 fully saturated rings. The second-order valence-electron chi connectivity index (χ2n) is 5.85. The van der Waals surface area contributed by atoms with Gasteiger partial charge in [0.2, 0.25) is 11.1 Å². The van der Waals surface area contributed by atoms with Gasteiger partial charge >= 0.3 is 6.18 Å². The number of alkyl halides is 3. The standard InChI is InChI=1S/C17H12F3N7OS2/c18-17(19,20)10-3-4-12(27-9-21-8-22-27)11(6-10)23-14(28)7-30-16-24-15(25-26-16)13-2-1-5-29-13/h1-6,8-9H,7H2,(H,23,28)(H,24,25,26). The molecule has 30 heavy (non-hydrogen) atoms. The van der Waals surface area contributed by atoms with Gasteiger partial charge in [0.15, 0.2) is 5.82 Å². The van der Waals surface area contributed by atoms with Crippen molar-refractivity contribution < 1.29 is 18.0 Å². The molecule has 0 radical (unpaired) electrons. The lowest BCUT2D eigenvalue weighted by Gasteiger charge is -2.14. The first-order valence-corrected chi connectivity index (χ1v) is 10.2. The van der Waals surface area contributed by atoms with Gasteiger partial charge in [-0.1, -0.05) is 17.8 Å². The number of carbonyl (C=O) groups excluding carboxylic acids is 1. The molecule has 0 saturated carbocycles. The van der Waals surface area contributed by atoms with Crippen LogP contribution in [0.1, 0.15) is 5.56 Å². The van der Waals surface area contributed by atoms with Crippen LogP contribution in [0.25, 0.3) is 16.4 Å². The maximum atomic E-state index is 13.1. The highest BCUT2D eigenvalue weighted by Gasteiger charge is 2.31. The molecule has 0 atom stereocenters. The van der Waals surface area contributed by atoms with Gasteiger partial charge in [-0.3, -0.25) is 9.89 Å². The van der Waals surface area contributed by atoms with Gasteiger partial charge in [-0.25, -0.2) is 14.6 Å². The predicted molar refractivity (Wildman–Crippen MR) is 105 cm³/mol. The highest BCUT2D eigenvalue weighted by Crippen LogP contribution is 2.33. The highest BCUT2D eigenvalue weighted by molar-refractivity contribution is 7.99. The summed E-state index contributed by atoms with van der Waals surface area (Å²) in [5.74, 6) is -0.0168. The predicted octanol–water partition coefficient (Wildman–Crippen LogP) is 3.86. The number of thioether (sulfide) groups is 1. The Morgan fingerprint density at radius 3 is 2.87 bits per heavy atom. The number of H-pyrrole nitrogens is 1. The normalized spacial score (nSPS) is 11.6. The Morgan fingerprint density at radius 1 is 1.30 bits per heavy atom. The van der Waals surface area contributed by atoms with Crippen LogP contribution in [0.4, 0.5) is 18.9 Å². The van der Waals surface area contributed by atoms with Crippen LogP contribution < -0.4 is 5.32 Å². The minimum atomic E-state index is -4.55. The number of hydrogen-bond acceptors (Lipinski definition) is 7. The zero-order chi connectivity index (χ0) is 21.1. The summed E-state index contributed by atoms with van der Waals surface area (Å²) in [5.41, 5.74) is -0.657. The van der Waals surface area contributed by atoms with E-state index in [0.717, 1.165) is 28.8 Å². The Morgan fingerprint density at radius 2 is 2.17 bits per heavy atom. The molecule has 4 aromatic rings. The van der Waals surface area contributed by atoms with Crippen LogP contribution in [0.2, 0.25) is 0 Å². The third-order valence-corrected chi connectivity index (χ3v) is 5.54. The van der Waals surface area contributed by atoms with Crippen molar-refractivity contribution in [1.82, 2.24) is 29.9 Å². The molecule has 3 heterocycles. The summed E-state index contributed by atoms with van der Waals surface area (Å²) in [5, 5.41) is 15.5. The number of rotatable bonds is 6. The number of benzene rings is 1. The van der Waals surface area contributed by atoms with Crippen LogP contribution in [-0.4, -0.2) is 41.6 Å². The van der Waals surface area contributed by atoms with E-state index in [1.807, 2.05) is 17.5 Å². The SMILES string of the molecule is O=C(CSc1n[nH]c(-c2cccs2)n1)Nc1cc(C(F)(F)F)ccc1-n1cncn1. The maximum absolute atomic E-state index is 13.1. The molecule has 8 nitrogen and oxygen atoms in total. The lowest BCUT2D eigenvalue weighted by atomic mass is 10.1. The minimum Gasteiger partial charge on any atom is -0.323 e. The molecule has 0 spiro atoms. The van der Waals surface area contributed by atoms with E-state index < -0.39 is 17.6 Å². The van der Waals surface area contributed by atoms with Gasteiger partial charge in [0.25, 0.3) is 0 Å². The van der Waals surface area contributed by atoms with Gasteiger partial charge in [0.05, 0.1) is 27.6 Å². The number of nitrogens with one attached hydrogen (secondary N) is 2. The highest BCUT2D eigenvalue weighted by atomic mass is 32.2. The van der Waals surface area contributed by atoms with Crippen LogP contribution in [0.15, 0.2) is 53.5 Å². The minimum absolute atomic E-state index is 0.0322. The molecular formula is C17H12F3N7OS2. The van der Waals surface area contributed by atoms with Gasteiger partial charge < -0.3 is 5.32 Å². The quantitative estimate of drug-likeness (QED) is 0.432. The second kappa shape index (κ2) is 8.28. The molecule has 4 rings (SSSR count). The summed E-state index contributed by atoms with van der Waals surface area (Å²) in [6, 6.07) is 6.77. The van der Waals surface area contributed by atoms with Crippen molar-refractivity contribution in [3.63, 3.8) is 0 Å². The number of nitrogens with zero attached hydrogens (tertiary/aromatic N) is 5. The lowest BCUT2D eigenvalue weighted by molar-refractivity contribution is -0.137. The van der Waals surface area contributed by atoms with E-state index >= 15 is 0 Å². The average Bonchev–Trinajstić information content (AvgIpc) is 3.48. The number of thiophene rings is 1. The number of aromatic nitrogens is 6. The largest absolute Gasteiger partial charge is 0.416 e. The van der Waals surface area contributed by atoms with Crippen LogP contribution in [0.5, 0.6) is 0 Å². The summed E-state index contributed by atoms with van der Waals surface area (Å²) in [7, 11) is 0. The molecular weight excluding hydrogens is 439 g/mol. The summed E-state index contributed by atoms with van der Waals surface area (Å²) in [6.07, 6.45) is -1.98. The number of hydrogen-bond donors (Lipinski definition) is 2. The smallest absolute Gasteiger partial charge is 0.323 e. The lowest BCUT2D eigenvalue weighted by Crippen LogP contribution is -2.17. The van der Waals surface area contributed by atoms with Crippen LogP contribution in [0.3, 0.4) is 0 Å². The molecule has 1 amide bonds. The third-order valence-electron chi connectivity index (χ3n) is 3.82. The van der Waals surface area contributed by atoms with E-state index in [2.05, 4.69) is 30.6 Å². The Labute approximate surface area is 175 Å². The molecule has 0 unspecified atom stereocenters. The van der Waals surface area contributed by atoms with Crippen molar-refractivity contribution in [2.45, 2.75) is 11.3 Å². The van der Waals surface area contributed by atoms with Crippen molar-refractivity contribution >= 4 is 34.7 Å². The van der Waals surface area contributed by atoms with Crippen molar-refractivity contribution in [2.75, 3.05) is 11.1 Å². The van der Waals surface area contributed by atoms with Gasteiger partial charge in [-0.15, -0.1) is 16.4 Å². The molecule has 0 aliphatic heterocycles. The average molecular weight is 451 g/mol. The molecule has 0 aliphatic rings. The molecule has 13 heteroatoms. The van der Waals surface area contributed by atoms with Gasteiger partial charge in [0.1, 0.15) is 12.7 Å². The summed E-state index contributed by atoms with van der Waals surface area (Å²) >= 11 is 2.55. The summed E-state index contributed by atoms with van der Waals surface area (Å²) in [4.78, 5) is 21.4. The first-order valence-electron chi connectivity index (χ1n) is 8.35. The number of halogens is 3. The molecule has 0 saturated heterocycles. The first-order chi connectivity index (χ1) is 14.4. The zero-order valence-corrected chi connectivity index (χ0v) is 16.6. The van der Waals surface area contributed by atoms with Gasteiger partial charge in [-0.2, -0.15) is 18.3 Å². The molecule has 1 aromatic carbocycles. The van der Waals surface area contributed by atoms with E-state index in [1.54, 1.807) is 0 Å². The van der Waals surface area contributed by atoms with Crippen molar-refractivity contribution in [1.29, 1.82) is 0 Å². The number of carbonyl (C=O) groups is 1. The summed E-state index contributed by atoms with van der Waals surface area (Å²) in [6.45, 7) is 0. The fourth-order valence-corrected chi connectivity index (χ4v) is 3.76. The van der Waals surface area contributed by atoms with Gasteiger partial charge in [0, 0.05) is 0 Å². The van der Waals surface area contributed by atoms with E-state index in [9.17, 15) is 18.0 Å². The molecule has 0 aliphatic carbocycles. The van der Waals surface area contributed by atoms with Crippen LogP contribution in [0, 0.1) is 0 Å². The third kappa shape index (κ3) is 4.52. The Balaban J connectivity index is 1.48. The first kappa shape index (κ1) is 20.1. The maximum Gasteiger partial charge on any atom is 0.416 e. The van der Waals surface area contributed by atoms with Gasteiger partial charge in [-0.05, 0) is 29.6 Å². The number of amides is 1. The topological polar surface area (TPSA) is 101 Å². The summed E-state index contributed by atoms with van der Waals surface area (Å²) < 4.78 is 40.6. The van der Waals surface area contributed by atoms with Crippen LogP contribution in [-0.2, 0) is 11.0 Å². The van der Waals surface area contributed by atoms with E-state index in [1.165, 1.54) is 34.7 Å². The van der Waals surface area contributed by atoms with Crippen molar-refractivity contribution in [3.8, 4) is 16.4 Å². The molecule has 154 valence electrons. The monoisotopic (exact) mass is 451 g/mol. The van der Waals surface area contributed by atoms with E-state index in [4.69, 9.17) is 0 Å². The zero-order valence-electron chi connectivity index (χ0n) is 14.9. The van der Waals surface area contributed by atoms with Crippen LogP contribution >= 0.6 is 23.1 Å². The fourth-order valence-electron chi connectivity index (χ4n) is 2.50. The second-order valence-corrected chi connectivity index (χ2v) is 7.74. The van der Waals surface area contributed by atoms with Crippen molar-refractivity contribution in [2.24, 2.45) is 0 Å². The number of aromatic amines is 1. The van der Waals surface area contributed by atoms with E-state index in [0.29, 0.717) is 11.0 Å². The fraction of sp³-hybridized carbons (Fsp3) is 0.118. The van der Waals surface area contributed by atoms with Crippen molar-refractivity contribution in [3.05, 3.63) is 53.9 Å².